The molecule has 0 aliphatic carbocycles. The normalized spacial score (nSPS) is 11.0. The van der Waals surface area contributed by atoms with E-state index in [0.717, 1.165) is 18.4 Å². The van der Waals surface area contributed by atoms with Gasteiger partial charge < -0.3 is 4.74 Å². The second-order valence-electron chi connectivity index (χ2n) is 3.19. The van der Waals surface area contributed by atoms with E-state index in [-0.39, 0.29) is 15.7 Å². The molecule has 0 spiro atoms. The minimum atomic E-state index is -3.95. The SMILES string of the molecule is COC(=O)c1ncsc1S(=O)(=O)Nc1cccnn1. The number of carbonyl (C=O) groups is 1. The van der Waals surface area contributed by atoms with Gasteiger partial charge in [0.05, 0.1) is 12.6 Å². The van der Waals surface area contributed by atoms with Crippen LogP contribution in [-0.4, -0.2) is 36.7 Å². The highest BCUT2D eigenvalue weighted by Gasteiger charge is 2.26. The number of nitrogens with zero attached hydrogens (tertiary/aromatic N) is 3. The quantitative estimate of drug-likeness (QED) is 0.819. The van der Waals surface area contributed by atoms with Gasteiger partial charge in [-0.1, -0.05) is 0 Å². The third-order valence-corrected chi connectivity index (χ3v) is 4.69. The molecule has 2 heterocycles. The molecule has 1 N–H and O–H groups in total. The first kappa shape index (κ1) is 13.4. The van der Waals surface area contributed by atoms with Crippen molar-refractivity contribution in [2.45, 2.75) is 4.21 Å². The molecule has 8 nitrogen and oxygen atoms in total. The number of ether oxygens (including phenoxy) is 1. The number of nitrogens with one attached hydrogen (secondary N) is 1. The molecule has 0 saturated heterocycles. The molecular formula is C9H8N4O4S2. The minimum Gasteiger partial charge on any atom is -0.464 e. The summed E-state index contributed by atoms with van der Waals surface area (Å²) in [5, 5.41) is 7.14. The Bertz CT molecular complexity index is 683. The molecule has 0 saturated carbocycles. The van der Waals surface area contributed by atoms with E-state index in [2.05, 4.69) is 24.6 Å². The molecule has 0 fully saturated rings. The van der Waals surface area contributed by atoms with Gasteiger partial charge in [0.1, 0.15) is 0 Å². The lowest BCUT2D eigenvalue weighted by molar-refractivity contribution is 0.0590. The van der Waals surface area contributed by atoms with E-state index in [1.54, 1.807) is 0 Å². The van der Waals surface area contributed by atoms with Crippen LogP contribution in [0.1, 0.15) is 10.5 Å². The van der Waals surface area contributed by atoms with Gasteiger partial charge in [0.2, 0.25) is 0 Å². The lowest BCUT2D eigenvalue weighted by Crippen LogP contribution is -2.16. The van der Waals surface area contributed by atoms with Gasteiger partial charge >= 0.3 is 5.97 Å². The number of hydrogen-bond acceptors (Lipinski definition) is 8. The molecule has 0 aliphatic rings. The summed E-state index contributed by atoms with van der Waals surface area (Å²) in [6, 6.07) is 2.96. The Morgan fingerprint density at radius 1 is 1.47 bits per heavy atom. The number of sulfonamides is 1. The van der Waals surface area contributed by atoms with Gasteiger partial charge in [0, 0.05) is 6.20 Å². The zero-order chi connectivity index (χ0) is 13.9. The average Bonchev–Trinajstić information content (AvgIpc) is 2.88. The maximum absolute atomic E-state index is 12.1. The van der Waals surface area contributed by atoms with Gasteiger partial charge in [0.15, 0.2) is 15.7 Å². The number of carbonyl (C=O) groups excluding carboxylic acids is 1. The third-order valence-electron chi connectivity index (χ3n) is 1.97. The Morgan fingerprint density at radius 3 is 2.89 bits per heavy atom. The molecule has 0 atom stereocenters. The predicted octanol–water partition coefficient (Wildman–Crippen LogP) is 0.520. The fourth-order valence-electron chi connectivity index (χ4n) is 1.20. The van der Waals surface area contributed by atoms with E-state index in [9.17, 15) is 13.2 Å². The summed E-state index contributed by atoms with van der Waals surface area (Å²) in [5.41, 5.74) is 0.987. The summed E-state index contributed by atoms with van der Waals surface area (Å²) >= 11 is 0.809. The van der Waals surface area contributed by atoms with Crippen LogP contribution in [0.15, 0.2) is 28.0 Å². The largest absolute Gasteiger partial charge is 0.464 e. The predicted molar refractivity (Wildman–Crippen MR) is 66.3 cm³/mol. The Kier molecular flexibility index (Phi) is 3.71. The van der Waals surface area contributed by atoms with Gasteiger partial charge in [-0.25, -0.2) is 18.2 Å². The molecule has 0 unspecified atom stereocenters. The molecule has 0 aliphatic heterocycles. The van der Waals surface area contributed by atoms with Crippen LogP contribution in [0.25, 0.3) is 0 Å². The van der Waals surface area contributed by atoms with E-state index in [4.69, 9.17) is 0 Å². The summed E-state index contributed by atoms with van der Waals surface area (Å²) in [4.78, 5) is 15.1. The number of esters is 1. The molecule has 0 aromatic carbocycles. The minimum absolute atomic E-state index is 0.0479. The van der Waals surface area contributed by atoms with Crippen molar-refractivity contribution in [2.24, 2.45) is 0 Å². The maximum atomic E-state index is 12.1. The Morgan fingerprint density at radius 2 is 2.26 bits per heavy atom. The first-order valence-electron chi connectivity index (χ1n) is 4.87. The van der Waals surface area contributed by atoms with Crippen LogP contribution in [-0.2, 0) is 14.8 Å². The summed E-state index contributed by atoms with van der Waals surface area (Å²) in [6.45, 7) is 0. The Hall–Kier alpha value is -2.07. The topological polar surface area (TPSA) is 111 Å². The summed E-state index contributed by atoms with van der Waals surface area (Å²) in [7, 11) is -2.81. The molecule has 10 heteroatoms. The van der Waals surface area contributed by atoms with Gasteiger partial charge in [-0.05, 0) is 12.1 Å². The van der Waals surface area contributed by atoms with Crippen molar-refractivity contribution >= 4 is 33.1 Å². The van der Waals surface area contributed by atoms with Crippen molar-refractivity contribution in [1.29, 1.82) is 0 Å². The van der Waals surface area contributed by atoms with Crippen molar-refractivity contribution < 1.29 is 17.9 Å². The van der Waals surface area contributed by atoms with Crippen molar-refractivity contribution in [2.75, 3.05) is 11.8 Å². The van der Waals surface area contributed by atoms with E-state index in [1.807, 2.05) is 0 Å². The smallest absolute Gasteiger partial charge is 0.358 e. The number of thiazole rings is 1. The first-order chi connectivity index (χ1) is 9.04. The van der Waals surface area contributed by atoms with Gasteiger partial charge in [0.25, 0.3) is 10.0 Å². The van der Waals surface area contributed by atoms with E-state index >= 15 is 0 Å². The van der Waals surface area contributed by atoms with E-state index in [1.165, 1.54) is 23.8 Å². The van der Waals surface area contributed by atoms with Crippen LogP contribution in [0.4, 0.5) is 5.82 Å². The Balaban J connectivity index is 2.36. The first-order valence-corrected chi connectivity index (χ1v) is 7.23. The van der Waals surface area contributed by atoms with Crippen LogP contribution in [0.2, 0.25) is 0 Å². The Labute approximate surface area is 112 Å². The van der Waals surface area contributed by atoms with Gasteiger partial charge in [-0.3, -0.25) is 4.72 Å². The maximum Gasteiger partial charge on any atom is 0.358 e. The van der Waals surface area contributed by atoms with Crippen molar-refractivity contribution in [3.8, 4) is 0 Å². The molecule has 2 aromatic rings. The van der Waals surface area contributed by atoms with E-state index in [0.29, 0.717) is 0 Å². The molecule has 0 amide bonds. The molecule has 2 rings (SSSR count). The van der Waals surface area contributed by atoms with Crippen LogP contribution in [0.5, 0.6) is 0 Å². The highest BCUT2D eigenvalue weighted by atomic mass is 32.2. The number of methoxy groups -OCH3 is 1. The molecule has 100 valence electrons. The fourth-order valence-corrected chi connectivity index (χ4v) is 3.33. The van der Waals surface area contributed by atoms with Gasteiger partial charge in [-0.2, -0.15) is 5.10 Å². The van der Waals surface area contributed by atoms with Crippen LogP contribution in [0, 0.1) is 0 Å². The molecule has 0 radical (unpaired) electrons. The third kappa shape index (κ3) is 2.85. The second-order valence-corrected chi connectivity index (χ2v) is 5.93. The molecular weight excluding hydrogens is 292 g/mol. The molecule has 19 heavy (non-hydrogen) atoms. The summed E-state index contributed by atoms with van der Waals surface area (Å²) in [6.07, 6.45) is 1.41. The number of hydrogen-bond donors (Lipinski definition) is 1. The highest BCUT2D eigenvalue weighted by molar-refractivity contribution is 7.94. The summed E-state index contributed by atoms with van der Waals surface area (Å²) < 4.78 is 30.6. The zero-order valence-corrected chi connectivity index (χ0v) is 11.2. The second kappa shape index (κ2) is 5.28. The van der Waals surface area contributed by atoms with Crippen molar-refractivity contribution in [3.05, 3.63) is 29.5 Å². The number of aromatic nitrogens is 3. The lowest BCUT2D eigenvalue weighted by atomic mass is 10.5. The molecule has 0 bridgehead atoms. The lowest BCUT2D eigenvalue weighted by Gasteiger charge is -2.05. The van der Waals surface area contributed by atoms with E-state index < -0.39 is 16.0 Å². The fraction of sp³-hybridized carbons (Fsp3) is 0.111. The average molecular weight is 300 g/mol. The van der Waals surface area contributed by atoms with Gasteiger partial charge in [-0.15, -0.1) is 16.4 Å². The van der Waals surface area contributed by atoms with Crippen molar-refractivity contribution in [1.82, 2.24) is 15.2 Å². The number of anilines is 1. The zero-order valence-electron chi connectivity index (χ0n) is 9.60. The van der Waals surface area contributed by atoms with Crippen LogP contribution < -0.4 is 4.72 Å². The van der Waals surface area contributed by atoms with Crippen molar-refractivity contribution in [3.63, 3.8) is 0 Å². The molecule has 2 aromatic heterocycles. The van der Waals surface area contributed by atoms with Crippen LogP contribution >= 0.6 is 11.3 Å². The summed E-state index contributed by atoms with van der Waals surface area (Å²) in [5.74, 6) is -0.771. The number of rotatable bonds is 4. The van der Waals surface area contributed by atoms with Crippen LogP contribution in [0.3, 0.4) is 0 Å². The standard InChI is InChI=1S/C9H8N4O4S2/c1-17-8(14)7-9(18-5-10-7)19(15,16)13-6-3-2-4-11-12-6/h2-5H,1H3,(H,12,13). The highest BCUT2D eigenvalue weighted by Crippen LogP contribution is 2.22. The monoisotopic (exact) mass is 300 g/mol.